The van der Waals surface area contributed by atoms with E-state index in [-0.39, 0.29) is 12.8 Å². The van der Waals surface area contributed by atoms with Crippen molar-refractivity contribution in [1.29, 1.82) is 0 Å². The number of alkyl halides is 2. The van der Waals surface area contributed by atoms with Crippen LogP contribution in [0.1, 0.15) is 22.3 Å². The number of benzene rings is 4. The molecule has 13 heteroatoms. The number of rotatable bonds is 14. The van der Waals surface area contributed by atoms with Crippen molar-refractivity contribution in [1.82, 2.24) is 0 Å². The van der Waals surface area contributed by atoms with Crippen molar-refractivity contribution in [2.24, 2.45) is 11.5 Å². The molecule has 4 N–H and O–H groups in total. The normalized spacial score (nSPS) is 15.8. The molecule has 4 atom stereocenters. The molecule has 0 radical (unpaired) electrons. The van der Waals surface area contributed by atoms with Crippen molar-refractivity contribution in [3.05, 3.63) is 131 Å². The fourth-order valence-electron chi connectivity index (χ4n) is 5.10. The third-order valence-electron chi connectivity index (χ3n) is 7.89. The molecule has 9 nitrogen and oxygen atoms in total. The first-order valence-electron chi connectivity index (χ1n) is 14.7. The summed E-state index contributed by atoms with van der Waals surface area (Å²) < 4.78 is 50.1. The van der Waals surface area contributed by atoms with Gasteiger partial charge < -0.3 is 11.5 Å². The molecule has 0 saturated carbocycles. The number of aryl methyl sites for hydroxylation is 2. The lowest BCUT2D eigenvalue weighted by molar-refractivity contribution is -0.132. The maximum atomic E-state index is 14.9. The average molecular weight is 730 g/mol. The van der Waals surface area contributed by atoms with E-state index >= 15 is 0 Å². The number of hydrogen-bond donors (Lipinski definition) is 2. The summed E-state index contributed by atoms with van der Waals surface area (Å²) in [6, 6.07) is 22.9. The Labute approximate surface area is 290 Å². The second-order valence-corrected chi connectivity index (χ2v) is 17.2. The van der Waals surface area contributed by atoms with Gasteiger partial charge in [-0.15, -0.1) is 0 Å². The summed E-state index contributed by atoms with van der Waals surface area (Å²) in [6.07, 6.45) is -0.571. The molecule has 0 heterocycles. The van der Waals surface area contributed by atoms with Crippen LogP contribution in [-0.4, -0.2) is 54.7 Å². The summed E-state index contributed by atoms with van der Waals surface area (Å²) >= 11 is 13.5. The highest BCUT2D eigenvalue weighted by molar-refractivity contribution is 7.98. The Kier molecular flexibility index (Phi) is 11.1. The van der Waals surface area contributed by atoms with Crippen LogP contribution in [0.15, 0.2) is 119 Å². The van der Waals surface area contributed by atoms with Crippen LogP contribution in [0.3, 0.4) is 0 Å². The Morgan fingerprint density at radius 3 is 1.15 bits per heavy atom. The van der Waals surface area contributed by atoms with Crippen LogP contribution >= 0.6 is 23.2 Å². The van der Waals surface area contributed by atoms with E-state index in [4.69, 9.17) is 34.7 Å². The van der Waals surface area contributed by atoms with Gasteiger partial charge in [-0.1, -0.05) is 119 Å². The Bertz CT molecular complexity index is 1880. The van der Waals surface area contributed by atoms with Gasteiger partial charge in [0.25, 0.3) is 8.41 Å². The largest absolute Gasteiger partial charge is 0.321 e. The molecule has 0 aromatic heterocycles. The molecule has 0 saturated heterocycles. The molecular formula is C35H34Cl2N2O7S2. The Morgan fingerprint density at radius 1 is 0.562 bits per heavy atom. The van der Waals surface area contributed by atoms with Crippen LogP contribution < -0.4 is 11.5 Å². The summed E-state index contributed by atoms with van der Waals surface area (Å²) in [7, 11) is -10.7. The van der Waals surface area contributed by atoms with Crippen LogP contribution in [0.5, 0.6) is 0 Å². The lowest BCUT2D eigenvalue weighted by Crippen LogP contribution is -2.66. The summed E-state index contributed by atoms with van der Waals surface area (Å²) in [5.74, 6) is -5.28. The van der Waals surface area contributed by atoms with E-state index in [0.29, 0.717) is 22.3 Å². The minimum Gasteiger partial charge on any atom is -0.321 e. The van der Waals surface area contributed by atoms with E-state index in [2.05, 4.69) is 0 Å². The molecule has 0 amide bonds. The number of halogens is 2. The lowest BCUT2D eigenvalue weighted by Gasteiger charge is -2.34. The van der Waals surface area contributed by atoms with Gasteiger partial charge in [0.2, 0.25) is 25.5 Å². The molecule has 4 aromatic rings. The van der Waals surface area contributed by atoms with Gasteiger partial charge in [0.1, 0.15) is 0 Å². The monoisotopic (exact) mass is 728 g/mol. The summed E-state index contributed by atoms with van der Waals surface area (Å²) in [5.41, 5.74) is 14.7. The van der Waals surface area contributed by atoms with Gasteiger partial charge in [-0.05, 0) is 62.1 Å². The van der Waals surface area contributed by atoms with Crippen LogP contribution in [0, 0.1) is 13.8 Å². The first kappa shape index (κ1) is 37.1. The minimum atomic E-state index is -5.36. The third kappa shape index (κ3) is 6.89. The van der Waals surface area contributed by atoms with Crippen LogP contribution in [0.2, 0.25) is 0 Å². The molecule has 252 valence electrons. The van der Waals surface area contributed by atoms with Crippen molar-refractivity contribution < 1.29 is 31.2 Å². The van der Waals surface area contributed by atoms with E-state index in [1.54, 1.807) is 74.5 Å². The van der Waals surface area contributed by atoms with E-state index in [0.717, 1.165) is 24.3 Å². The first-order chi connectivity index (χ1) is 22.5. The maximum Gasteiger partial charge on any atom is 0.270 e. The van der Waals surface area contributed by atoms with Crippen molar-refractivity contribution >= 4 is 60.2 Å². The molecule has 48 heavy (non-hydrogen) atoms. The number of sulfone groups is 2. The van der Waals surface area contributed by atoms with E-state index in [1.807, 2.05) is 0 Å². The molecule has 0 aliphatic carbocycles. The fraction of sp³-hybridized carbons (Fsp3) is 0.229. The van der Waals surface area contributed by atoms with Gasteiger partial charge >= 0.3 is 0 Å². The maximum absolute atomic E-state index is 14.9. The number of hydrogen-bond acceptors (Lipinski definition) is 9. The highest BCUT2D eigenvalue weighted by Crippen LogP contribution is 2.43. The predicted octanol–water partition coefficient (Wildman–Crippen LogP) is 4.27. The van der Waals surface area contributed by atoms with Gasteiger partial charge in [-0.2, -0.15) is 0 Å². The third-order valence-corrected chi connectivity index (χ3v) is 13.9. The Hall–Kier alpha value is -3.71. The molecule has 4 rings (SSSR count). The van der Waals surface area contributed by atoms with E-state index in [1.165, 1.54) is 24.3 Å². The van der Waals surface area contributed by atoms with Crippen molar-refractivity contribution in [2.75, 3.05) is 0 Å². The molecule has 0 aliphatic rings. The molecule has 0 fully saturated rings. The zero-order valence-corrected chi connectivity index (χ0v) is 29.2. The van der Waals surface area contributed by atoms with Gasteiger partial charge in [0.15, 0.2) is 11.6 Å². The van der Waals surface area contributed by atoms with Crippen LogP contribution in [0.25, 0.3) is 0 Å². The lowest BCUT2D eigenvalue weighted by atomic mass is 9.94. The highest BCUT2D eigenvalue weighted by Gasteiger charge is 2.70. The first-order valence-corrected chi connectivity index (χ1v) is 18.4. The summed E-state index contributed by atoms with van der Waals surface area (Å²) in [4.78, 5) is 42.2. The molecular weight excluding hydrogens is 695 g/mol. The zero-order chi connectivity index (χ0) is 35.5. The standard InChI is InChI=1S/C35H34Cl2N2O7S2/c1-23-13-17-27(18-14-23)47(43,44)34(36,31(40)29(38)21-25-9-5-3-6-10-25)33(42)35(37,48(45,46)28-19-15-24(2)16-20-28)32(41)30(39)22-26-11-7-4-8-12-26/h3-20,29-30H,21-22,38-39H2,1-2H3/t29-,30-,34?,35?/m0/s1. The van der Waals surface area contributed by atoms with Gasteiger partial charge in [-0.25, -0.2) is 16.8 Å². The van der Waals surface area contributed by atoms with Gasteiger partial charge in [-0.3, -0.25) is 14.4 Å². The Balaban J connectivity index is 1.98. The van der Waals surface area contributed by atoms with Crippen LogP contribution in [0.4, 0.5) is 0 Å². The van der Waals surface area contributed by atoms with Gasteiger partial charge in [0.05, 0.1) is 21.9 Å². The molecule has 0 spiro atoms. The van der Waals surface area contributed by atoms with Crippen molar-refractivity contribution in [3.8, 4) is 0 Å². The average Bonchev–Trinajstić information content (AvgIpc) is 3.07. The van der Waals surface area contributed by atoms with Crippen molar-refractivity contribution in [2.45, 2.75) is 57.0 Å². The predicted molar refractivity (Wildman–Crippen MR) is 185 cm³/mol. The zero-order valence-electron chi connectivity index (χ0n) is 26.0. The smallest absolute Gasteiger partial charge is 0.270 e. The van der Waals surface area contributed by atoms with Gasteiger partial charge in [0, 0.05) is 0 Å². The molecule has 4 aromatic carbocycles. The number of nitrogens with two attached hydrogens (primary N) is 2. The Morgan fingerprint density at radius 2 is 0.854 bits per heavy atom. The minimum absolute atomic E-state index is 0.285. The topological polar surface area (TPSA) is 172 Å². The molecule has 0 aliphatic heterocycles. The quantitative estimate of drug-likeness (QED) is 0.142. The molecule has 0 bridgehead atoms. The SMILES string of the molecule is Cc1ccc(S(=O)(=O)C(Cl)(C(=O)[C@@H](N)Cc2ccccc2)C(=O)C(Cl)(C(=O)[C@@H](N)Cc2ccccc2)S(=O)(=O)c2ccc(C)cc2)cc1. The van der Waals surface area contributed by atoms with E-state index < -0.39 is 67.3 Å². The second kappa shape index (κ2) is 14.4. The fourth-order valence-corrected chi connectivity index (χ4v) is 9.69. The van der Waals surface area contributed by atoms with Crippen LogP contribution in [-0.2, 0) is 46.9 Å². The number of ketones is 3. The summed E-state index contributed by atoms with van der Waals surface area (Å²) in [6.45, 7) is 3.34. The van der Waals surface area contributed by atoms with E-state index in [9.17, 15) is 31.2 Å². The number of Topliss-reactive ketones (excluding diaryl/α,β-unsaturated/α-hetero) is 3. The second-order valence-electron chi connectivity index (χ2n) is 11.5. The number of carbonyl (C=O) groups is 3. The number of carbonyl (C=O) groups excluding carboxylic acids is 3. The van der Waals surface area contributed by atoms with Crippen molar-refractivity contribution in [3.63, 3.8) is 0 Å². The molecule has 2 unspecified atom stereocenters. The summed E-state index contributed by atoms with van der Waals surface area (Å²) in [5, 5.41) is 0. The highest BCUT2D eigenvalue weighted by atomic mass is 35.5.